The summed E-state index contributed by atoms with van der Waals surface area (Å²) < 4.78 is 2.17. The first kappa shape index (κ1) is 19.7. The molecule has 1 saturated heterocycles. The molecule has 7 heteroatoms. The number of benzene rings is 1. The molecule has 0 saturated carbocycles. The number of rotatable bonds is 5. The van der Waals surface area contributed by atoms with Crippen molar-refractivity contribution in [2.75, 3.05) is 0 Å². The van der Waals surface area contributed by atoms with E-state index in [1.807, 2.05) is 54.9 Å². The summed E-state index contributed by atoms with van der Waals surface area (Å²) in [7, 11) is 0. The lowest BCUT2D eigenvalue weighted by Gasteiger charge is -2.29. The summed E-state index contributed by atoms with van der Waals surface area (Å²) >= 11 is 12.1. The van der Waals surface area contributed by atoms with Gasteiger partial charge in [0.1, 0.15) is 0 Å². The fourth-order valence-electron chi connectivity index (χ4n) is 4.08. The van der Waals surface area contributed by atoms with Crippen molar-refractivity contribution >= 4 is 28.9 Å². The van der Waals surface area contributed by atoms with E-state index < -0.39 is 0 Å². The topological polar surface area (TPSA) is 46.0 Å². The smallest absolute Gasteiger partial charge is 0.170 e. The molecule has 1 aromatic carbocycles. The molecule has 0 aliphatic carbocycles. The molecule has 4 aromatic rings. The van der Waals surface area contributed by atoms with Crippen molar-refractivity contribution in [1.29, 1.82) is 0 Å². The molecule has 0 unspecified atom stereocenters. The van der Waals surface area contributed by atoms with Gasteiger partial charge in [-0.2, -0.15) is 0 Å². The van der Waals surface area contributed by atoms with E-state index >= 15 is 0 Å². The lowest BCUT2D eigenvalue weighted by atomic mass is 10.0. The quantitative estimate of drug-likeness (QED) is 0.433. The highest BCUT2D eigenvalue weighted by Crippen LogP contribution is 2.40. The molecule has 5 nitrogen and oxygen atoms in total. The predicted octanol–water partition coefficient (Wildman–Crippen LogP) is 5.09. The highest BCUT2D eigenvalue weighted by Gasteiger charge is 2.41. The van der Waals surface area contributed by atoms with Gasteiger partial charge in [0.05, 0.1) is 17.8 Å². The largest absolute Gasteiger partial charge is 0.352 e. The average Bonchev–Trinajstić information content (AvgIpc) is 3.40. The predicted molar refractivity (Wildman–Crippen MR) is 126 cm³/mol. The van der Waals surface area contributed by atoms with Crippen molar-refractivity contribution in [1.82, 2.24) is 24.8 Å². The molecule has 1 N–H and O–H groups in total. The molecular weight excluding hydrogens is 426 g/mol. The first-order valence-electron chi connectivity index (χ1n) is 10.0. The van der Waals surface area contributed by atoms with Crippen LogP contribution in [0, 0.1) is 0 Å². The second kappa shape index (κ2) is 8.49. The van der Waals surface area contributed by atoms with E-state index in [-0.39, 0.29) is 12.1 Å². The van der Waals surface area contributed by atoms with Crippen molar-refractivity contribution in [2.24, 2.45) is 0 Å². The van der Waals surface area contributed by atoms with Crippen molar-refractivity contribution in [3.8, 4) is 5.69 Å². The lowest BCUT2D eigenvalue weighted by molar-refractivity contribution is 0.302. The van der Waals surface area contributed by atoms with E-state index in [2.05, 4.69) is 55.2 Å². The van der Waals surface area contributed by atoms with E-state index in [4.69, 9.17) is 23.8 Å². The Morgan fingerprint density at radius 3 is 2.71 bits per heavy atom. The summed E-state index contributed by atoms with van der Waals surface area (Å²) in [6, 6.07) is 21.9. The van der Waals surface area contributed by atoms with E-state index in [1.54, 1.807) is 6.20 Å². The number of hydrogen-bond donors (Lipinski definition) is 1. The normalized spacial score (nSPS) is 18.2. The number of thiocarbonyl (C=S) groups is 1. The molecule has 31 heavy (non-hydrogen) atoms. The lowest BCUT2D eigenvalue weighted by Crippen LogP contribution is -2.30. The van der Waals surface area contributed by atoms with Crippen LogP contribution in [0.25, 0.3) is 5.69 Å². The molecule has 1 fully saturated rings. The molecule has 0 spiro atoms. The number of hydrogen-bond acceptors (Lipinski definition) is 3. The molecule has 154 valence electrons. The zero-order valence-electron chi connectivity index (χ0n) is 16.6. The Hall–Kier alpha value is -3.22. The molecule has 3 aromatic heterocycles. The monoisotopic (exact) mass is 445 g/mol. The molecule has 0 amide bonds. The number of halogens is 1. The van der Waals surface area contributed by atoms with E-state index in [1.165, 1.54) is 0 Å². The molecule has 0 radical (unpaired) electrons. The molecule has 4 heterocycles. The van der Waals surface area contributed by atoms with Gasteiger partial charge in [-0.1, -0.05) is 29.8 Å². The van der Waals surface area contributed by atoms with Crippen LogP contribution in [-0.2, 0) is 6.54 Å². The number of nitrogens with one attached hydrogen (secondary N) is 1. The maximum absolute atomic E-state index is 6.28. The summed E-state index contributed by atoms with van der Waals surface area (Å²) in [5.41, 5.74) is 4.15. The van der Waals surface area contributed by atoms with E-state index in [9.17, 15) is 0 Å². The Balaban J connectivity index is 1.61. The second-order valence-electron chi connectivity index (χ2n) is 7.40. The minimum Gasteiger partial charge on any atom is -0.352 e. The van der Waals surface area contributed by atoms with Gasteiger partial charge in [0, 0.05) is 47.7 Å². The highest BCUT2D eigenvalue weighted by atomic mass is 35.5. The molecule has 1 aliphatic rings. The van der Waals surface area contributed by atoms with Gasteiger partial charge >= 0.3 is 0 Å². The van der Waals surface area contributed by atoms with E-state index in [0.29, 0.717) is 16.7 Å². The first-order valence-corrected chi connectivity index (χ1v) is 10.8. The molecular formula is C24H20ClN5S. The number of nitrogens with zero attached hydrogens (tertiary/aromatic N) is 4. The van der Waals surface area contributed by atoms with Crippen molar-refractivity contribution in [3.05, 3.63) is 113 Å². The van der Waals surface area contributed by atoms with Crippen LogP contribution < -0.4 is 5.32 Å². The van der Waals surface area contributed by atoms with E-state index in [0.717, 1.165) is 22.6 Å². The molecule has 5 rings (SSSR count). The van der Waals surface area contributed by atoms with Crippen molar-refractivity contribution in [3.63, 3.8) is 0 Å². The van der Waals surface area contributed by atoms with Crippen LogP contribution in [0.3, 0.4) is 0 Å². The summed E-state index contributed by atoms with van der Waals surface area (Å²) in [6.07, 6.45) is 7.53. The zero-order chi connectivity index (χ0) is 21.2. The maximum Gasteiger partial charge on any atom is 0.170 e. The molecule has 2 atom stereocenters. The van der Waals surface area contributed by atoms with Crippen LogP contribution in [0.1, 0.15) is 29.0 Å². The van der Waals surface area contributed by atoms with Crippen LogP contribution >= 0.6 is 23.8 Å². The summed E-state index contributed by atoms with van der Waals surface area (Å²) in [6.45, 7) is 0.647. The standard InChI is InChI=1S/C24H20ClN5S/c25-18-7-3-8-19(14-18)29-13-5-10-21(29)23-22(20-9-1-2-12-27-20)28-24(31)30(23)16-17-6-4-11-26-15-17/h1-15,22-23H,16H2,(H,28,31)/t22-,23-/m1/s1. The number of aromatic nitrogens is 3. The molecule has 0 bridgehead atoms. The van der Waals surface area contributed by atoms with Gasteiger partial charge in [0.25, 0.3) is 0 Å². The maximum atomic E-state index is 6.28. The Bertz CT molecular complexity index is 1190. The SMILES string of the molecule is S=C1N[C@H](c2ccccn2)[C@@H](c2cccn2-c2cccc(Cl)c2)N1Cc1cccnc1. The van der Waals surface area contributed by atoms with Gasteiger partial charge in [0.2, 0.25) is 0 Å². The summed E-state index contributed by atoms with van der Waals surface area (Å²) in [5.74, 6) is 0. The number of pyridine rings is 2. The second-order valence-corrected chi connectivity index (χ2v) is 8.22. The van der Waals surface area contributed by atoms with Crippen LogP contribution in [0.4, 0.5) is 0 Å². The Morgan fingerprint density at radius 2 is 1.94 bits per heavy atom. The van der Waals surface area contributed by atoms with Crippen LogP contribution in [-0.4, -0.2) is 24.5 Å². The zero-order valence-corrected chi connectivity index (χ0v) is 18.2. The van der Waals surface area contributed by atoms with Gasteiger partial charge in [-0.3, -0.25) is 9.97 Å². The highest BCUT2D eigenvalue weighted by molar-refractivity contribution is 7.80. The third-order valence-electron chi connectivity index (χ3n) is 5.44. The minimum atomic E-state index is -0.0850. The fraction of sp³-hybridized carbons (Fsp3) is 0.125. The third kappa shape index (κ3) is 3.92. The third-order valence-corrected chi connectivity index (χ3v) is 6.03. The Kier molecular flexibility index (Phi) is 5.40. The van der Waals surface area contributed by atoms with Gasteiger partial charge < -0.3 is 14.8 Å². The van der Waals surface area contributed by atoms with Gasteiger partial charge in [0.15, 0.2) is 5.11 Å². The Labute approximate surface area is 191 Å². The summed E-state index contributed by atoms with van der Waals surface area (Å²) in [5, 5.41) is 4.90. The van der Waals surface area contributed by atoms with Crippen LogP contribution in [0.15, 0.2) is 91.5 Å². The summed E-state index contributed by atoms with van der Waals surface area (Å²) in [4.78, 5) is 11.1. The first-order chi connectivity index (χ1) is 15.2. The molecule has 1 aliphatic heterocycles. The van der Waals surface area contributed by atoms with Crippen molar-refractivity contribution < 1.29 is 0 Å². The van der Waals surface area contributed by atoms with Gasteiger partial charge in [-0.15, -0.1) is 0 Å². The van der Waals surface area contributed by atoms with Crippen molar-refractivity contribution in [2.45, 2.75) is 18.6 Å². The fourth-order valence-corrected chi connectivity index (χ4v) is 4.57. The van der Waals surface area contributed by atoms with Gasteiger partial charge in [-0.05, 0) is 66.3 Å². The van der Waals surface area contributed by atoms with Crippen LogP contribution in [0.5, 0.6) is 0 Å². The average molecular weight is 446 g/mol. The van der Waals surface area contributed by atoms with Crippen LogP contribution in [0.2, 0.25) is 5.02 Å². The Morgan fingerprint density at radius 1 is 1.00 bits per heavy atom. The minimum absolute atomic E-state index is 0.0587. The van der Waals surface area contributed by atoms with Gasteiger partial charge in [-0.25, -0.2) is 0 Å².